The fraction of sp³-hybridized carbons (Fsp3) is 0.286. The molecule has 0 saturated carbocycles. The molecule has 0 bridgehead atoms. The first-order valence-corrected chi connectivity index (χ1v) is 11.6. The molecule has 0 fully saturated rings. The van der Waals surface area contributed by atoms with Gasteiger partial charge in [-0.05, 0) is 42.2 Å². The molecule has 3 aromatic rings. The summed E-state index contributed by atoms with van der Waals surface area (Å²) in [7, 11) is 0. The Labute approximate surface area is 195 Å². The molecule has 5 nitrogen and oxygen atoms in total. The molecule has 2 amide bonds. The third-order valence-electron chi connectivity index (χ3n) is 6.06. The van der Waals surface area contributed by atoms with Gasteiger partial charge in [-0.25, -0.2) is 0 Å². The van der Waals surface area contributed by atoms with Crippen LogP contribution in [0.5, 0.6) is 5.75 Å². The smallest absolute Gasteiger partial charge is 0.264 e. The van der Waals surface area contributed by atoms with Crippen LogP contribution in [0.3, 0.4) is 0 Å². The fourth-order valence-electron chi connectivity index (χ4n) is 4.27. The van der Waals surface area contributed by atoms with Crippen LogP contribution < -0.4 is 10.1 Å². The van der Waals surface area contributed by atoms with Gasteiger partial charge < -0.3 is 15.0 Å². The molecule has 3 aromatic carbocycles. The fourth-order valence-corrected chi connectivity index (χ4v) is 4.27. The summed E-state index contributed by atoms with van der Waals surface area (Å²) in [6.07, 6.45) is 0.789. The van der Waals surface area contributed by atoms with E-state index < -0.39 is 6.10 Å². The maximum Gasteiger partial charge on any atom is 0.264 e. The van der Waals surface area contributed by atoms with Crippen molar-refractivity contribution >= 4 is 17.5 Å². The molecule has 33 heavy (non-hydrogen) atoms. The van der Waals surface area contributed by atoms with E-state index in [2.05, 4.69) is 5.32 Å². The average Bonchev–Trinajstić information content (AvgIpc) is 2.97. The van der Waals surface area contributed by atoms with E-state index in [1.165, 1.54) is 0 Å². The van der Waals surface area contributed by atoms with Gasteiger partial charge in [0.1, 0.15) is 5.75 Å². The molecule has 1 N–H and O–H groups in total. The first-order chi connectivity index (χ1) is 16.1. The average molecular weight is 443 g/mol. The van der Waals surface area contributed by atoms with Crippen LogP contribution in [0.15, 0.2) is 78.9 Å². The number of ether oxygens (including phenoxy) is 1. The second-order valence-corrected chi connectivity index (χ2v) is 8.38. The van der Waals surface area contributed by atoms with Gasteiger partial charge in [-0.15, -0.1) is 0 Å². The van der Waals surface area contributed by atoms with Gasteiger partial charge in [0.05, 0.1) is 5.92 Å². The Morgan fingerprint density at radius 3 is 2.39 bits per heavy atom. The van der Waals surface area contributed by atoms with Crippen LogP contribution in [0.2, 0.25) is 0 Å². The number of nitrogens with zero attached hydrogens (tertiary/aromatic N) is 1. The minimum atomic E-state index is -0.516. The van der Waals surface area contributed by atoms with E-state index >= 15 is 0 Å². The molecule has 2 atom stereocenters. The van der Waals surface area contributed by atoms with E-state index in [1.807, 2.05) is 97.6 Å². The molecule has 0 spiro atoms. The largest absolute Gasteiger partial charge is 0.480 e. The summed E-state index contributed by atoms with van der Waals surface area (Å²) >= 11 is 0. The zero-order valence-corrected chi connectivity index (χ0v) is 19.2. The highest BCUT2D eigenvalue weighted by molar-refractivity contribution is 5.96. The van der Waals surface area contributed by atoms with E-state index in [-0.39, 0.29) is 17.7 Å². The summed E-state index contributed by atoms with van der Waals surface area (Å²) in [6.45, 7) is 4.91. The van der Waals surface area contributed by atoms with E-state index in [0.717, 1.165) is 16.7 Å². The Kier molecular flexibility index (Phi) is 7.08. The van der Waals surface area contributed by atoms with Gasteiger partial charge in [0.15, 0.2) is 6.10 Å². The van der Waals surface area contributed by atoms with Crippen LogP contribution in [0, 0.1) is 0 Å². The zero-order chi connectivity index (χ0) is 23.2. The lowest BCUT2D eigenvalue weighted by Gasteiger charge is -2.23. The van der Waals surface area contributed by atoms with Crippen molar-refractivity contribution < 1.29 is 14.3 Å². The minimum absolute atomic E-state index is 0.0155. The van der Waals surface area contributed by atoms with Crippen LogP contribution >= 0.6 is 0 Å². The number of benzene rings is 3. The summed E-state index contributed by atoms with van der Waals surface area (Å²) in [4.78, 5) is 28.0. The van der Waals surface area contributed by atoms with Crippen LogP contribution in [0.4, 0.5) is 5.69 Å². The molecule has 4 rings (SSSR count). The third-order valence-corrected chi connectivity index (χ3v) is 6.06. The Hall–Kier alpha value is -3.60. The van der Waals surface area contributed by atoms with Gasteiger partial charge in [0, 0.05) is 24.3 Å². The Morgan fingerprint density at radius 1 is 1.03 bits per heavy atom. The molecule has 5 heteroatoms. The molecule has 0 unspecified atom stereocenters. The number of amides is 2. The SMILES string of the molecule is CC[C@@H]1Oc2ccc(NC(=O)[C@H](CC)c3ccccc3)cc2CN(Cc2ccccc2)C1=O. The highest BCUT2D eigenvalue weighted by atomic mass is 16.5. The van der Waals surface area contributed by atoms with Gasteiger partial charge >= 0.3 is 0 Å². The number of fused-ring (bicyclic) bond motifs is 1. The Morgan fingerprint density at radius 2 is 1.73 bits per heavy atom. The van der Waals surface area contributed by atoms with E-state index in [9.17, 15) is 9.59 Å². The van der Waals surface area contributed by atoms with Crippen molar-refractivity contribution in [2.75, 3.05) is 5.32 Å². The molecule has 1 aliphatic heterocycles. The highest BCUT2D eigenvalue weighted by Crippen LogP contribution is 2.31. The summed E-state index contributed by atoms with van der Waals surface area (Å²) in [5.74, 6) is 0.417. The van der Waals surface area contributed by atoms with E-state index in [1.54, 1.807) is 0 Å². The number of nitrogens with one attached hydrogen (secondary N) is 1. The minimum Gasteiger partial charge on any atom is -0.480 e. The quantitative estimate of drug-likeness (QED) is 0.524. The van der Waals surface area contributed by atoms with Crippen molar-refractivity contribution in [1.29, 1.82) is 0 Å². The molecule has 0 saturated heterocycles. The standard InChI is InChI=1S/C28H30N2O3/c1-3-24(21-13-9-6-10-14-21)27(31)29-23-15-16-26-22(17-23)19-30(28(32)25(4-2)33-26)18-20-11-7-5-8-12-20/h5-17,24-25H,3-4,18-19H2,1-2H3,(H,29,31)/t24-,25+/m1/s1. The third kappa shape index (κ3) is 5.25. The monoisotopic (exact) mass is 442 g/mol. The Bertz CT molecular complexity index is 1100. The number of carbonyl (C=O) groups is 2. The molecular formula is C28H30N2O3. The lowest BCUT2D eigenvalue weighted by Crippen LogP contribution is -2.38. The summed E-state index contributed by atoms with van der Waals surface area (Å²) in [6, 6.07) is 25.4. The second kappa shape index (κ2) is 10.3. The highest BCUT2D eigenvalue weighted by Gasteiger charge is 2.30. The lowest BCUT2D eigenvalue weighted by atomic mass is 9.95. The number of anilines is 1. The van der Waals surface area contributed by atoms with Crippen LogP contribution in [0.1, 0.15) is 49.3 Å². The van der Waals surface area contributed by atoms with Gasteiger partial charge in [-0.1, -0.05) is 74.5 Å². The maximum absolute atomic E-state index is 13.1. The van der Waals surface area contributed by atoms with Crippen molar-refractivity contribution in [3.63, 3.8) is 0 Å². The number of rotatable bonds is 7. The molecule has 1 heterocycles. The lowest BCUT2D eigenvalue weighted by molar-refractivity contribution is -0.139. The summed E-state index contributed by atoms with van der Waals surface area (Å²) in [5.41, 5.74) is 3.67. The molecule has 0 aliphatic carbocycles. The van der Waals surface area contributed by atoms with E-state index in [0.29, 0.717) is 37.4 Å². The summed E-state index contributed by atoms with van der Waals surface area (Å²) < 4.78 is 6.08. The molecular weight excluding hydrogens is 412 g/mol. The van der Waals surface area contributed by atoms with Crippen molar-refractivity contribution in [3.8, 4) is 5.75 Å². The van der Waals surface area contributed by atoms with Gasteiger partial charge in [0.25, 0.3) is 5.91 Å². The topological polar surface area (TPSA) is 58.6 Å². The number of carbonyl (C=O) groups excluding carboxylic acids is 2. The summed E-state index contributed by atoms with van der Waals surface area (Å²) in [5, 5.41) is 3.06. The first kappa shape index (κ1) is 22.6. The van der Waals surface area contributed by atoms with Crippen molar-refractivity contribution in [2.24, 2.45) is 0 Å². The van der Waals surface area contributed by atoms with Crippen LogP contribution in [-0.2, 0) is 22.7 Å². The molecule has 0 aromatic heterocycles. The van der Waals surface area contributed by atoms with Crippen molar-refractivity contribution in [2.45, 2.75) is 51.8 Å². The van der Waals surface area contributed by atoms with Crippen LogP contribution in [0.25, 0.3) is 0 Å². The van der Waals surface area contributed by atoms with Gasteiger partial charge in [-0.3, -0.25) is 9.59 Å². The molecule has 170 valence electrons. The first-order valence-electron chi connectivity index (χ1n) is 11.6. The maximum atomic E-state index is 13.1. The second-order valence-electron chi connectivity index (χ2n) is 8.38. The van der Waals surface area contributed by atoms with Gasteiger partial charge in [-0.2, -0.15) is 0 Å². The predicted molar refractivity (Wildman–Crippen MR) is 130 cm³/mol. The van der Waals surface area contributed by atoms with Crippen molar-refractivity contribution in [3.05, 3.63) is 95.6 Å². The molecule has 1 aliphatic rings. The number of hydrogen-bond donors (Lipinski definition) is 1. The predicted octanol–water partition coefficient (Wildman–Crippen LogP) is 5.52. The van der Waals surface area contributed by atoms with Crippen molar-refractivity contribution in [1.82, 2.24) is 4.90 Å². The van der Waals surface area contributed by atoms with E-state index in [4.69, 9.17) is 4.74 Å². The normalized spacial score (nSPS) is 16.4. The van der Waals surface area contributed by atoms with Crippen LogP contribution in [-0.4, -0.2) is 22.8 Å². The van der Waals surface area contributed by atoms with Gasteiger partial charge in [0.2, 0.25) is 5.91 Å². The zero-order valence-electron chi connectivity index (χ0n) is 19.2. The Balaban J connectivity index is 1.57. The number of hydrogen-bond acceptors (Lipinski definition) is 3. The molecule has 0 radical (unpaired) electrons.